The molecular weight excluding hydrogens is 559 g/mol. The van der Waals surface area contributed by atoms with Crippen LogP contribution in [-0.4, -0.2) is 72.7 Å². The number of aromatic nitrogens is 2. The maximum Gasteiger partial charge on any atom is 0.421 e. The zero-order valence-corrected chi connectivity index (χ0v) is 25.9. The Kier molecular flexibility index (Phi) is 8.45. The minimum absolute atomic E-state index is 0.00372. The molecule has 0 unspecified atom stereocenters. The second-order valence-electron chi connectivity index (χ2n) is 12.7. The summed E-state index contributed by atoms with van der Waals surface area (Å²) >= 11 is 0. The Morgan fingerprint density at radius 1 is 1.19 bits per heavy atom. The molecule has 1 aliphatic heterocycles. The Balaban J connectivity index is 1.41. The second-order valence-corrected chi connectivity index (χ2v) is 12.7. The maximum absolute atomic E-state index is 14.2. The molecule has 0 saturated heterocycles. The monoisotopic (exact) mass is 603 g/mol. The van der Waals surface area contributed by atoms with E-state index in [4.69, 9.17) is 4.74 Å². The number of likely N-dealkylation sites (N-methyl/N-ethyl adjacent to an activating group) is 1. The summed E-state index contributed by atoms with van der Waals surface area (Å²) in [6.07, 6.45) is -2.43. The van der Waals surface area contributed by atoms with Crippen LogP contribution in [0.1, 0.15) is 53.0 Å². The summed E-state index contributed by atoms with van der Waals surface area (Å²) in [7, 11) is 1.56. The predicted molar refractivity (Wildman–Crippen MR) is 162 cm³/mol. The average Bonchev–Trinajstić information content (AvgIpc) is 2.96. The third-order valence-corrected chi connectivity index (χ3v) is 10.2. The lowest BCUT2D eigenvalue weighted by molar-refractivity contribution is -0.156. The Labute approximate surface area is 252 Å². The van der Waals surface area contributed by atoms with Gasteiger partial charge in [0.05, 0.1) is 23.7 Å². The van der Waals surface area contributed by atoms with E-state index in [9.17, 15) is 18.0 Å². The van der Waals surface area contributed by atoms with E-state index in [0.717, 1.165) is 51.0 Å². The summed E-state index contributed by atoms with van der Waals surface area (Å²) in [6, 6.07) is 5.63. The number of carbonyl (C=O) groups is 1. The number of rotatable bonds is 10. The number of carbonyl (C=O) groups excluding carboxylic acids is 1. The summed E-state index contributed by atoms with van der Waals surface area (Å²) in [6.45, 7) is 15.5. The fourth-order valence-electron chi connectivity index (χ4n) is 7.45. The molecule has 3 N–H and O–H groups in total. The third-order valence-electron chi connectivity index (χ3n) is 10.2. The van der Waals surface area contributed by atoms with E-state index in [2.05, 4.69) is 63.4 Å². The van der Waals surface area contributed by atoms with Crippen molar-refractivity contribution in [3.05, 3.63) is 30.0 Å². The van der Waals surface area contributed by atoms with Crippen LogP contribution in [0.15, 0.2) is 24.4 Å². The predicted octanol–water partition coefficient (Wildman–Crippen LogP) is 5.38. The lowest BCUT2D eigenvalue weighted by atomic mass is 9.40. The van der Waals surface area contributed by atoms with Gasteiger partial charge in [0, 0.05) is 38.1 Å². The fraction of sp³-hybridized carbons (Fsp3) is 0.645. The van der Waals surface area contributed by atoms with Crippen molar-refractivity contribution < 1.29 is 22.7 Å². The number of nitrogens with zero attached hydrogens (tertiary/aromatic N) is 4. The number of fused-ring (bicyclic) bond motifs is 3. The minimum Gasteiger partial charge on any atom is -0.489 e. The molecule has 9 nitrogen and oxygen atoms in total. The summed E-state index contributed by atoms with van der Waals surface area (Å²) in [5.41, 5.74) is -0.428. The van der Waals surface area contributed by atoms with Gasteiger partial charge in [-0.2, -0.15) is 18.2 Å². The molecule has 1 amide bonds. The number of alkyl halides is 3. The molecule has 3 fully saturated rings. The van der Waals surface area contributed by atoms with Gasteiger partial charge in [-0.1, -0.05) is 27.7 Å². The van der Waals surface area contributed by atoms with E-state index in [0.29, 0.717) is 30.4 Å². The molecule has 4 atom stereocenters. The first kappa shape index (κ1) is 31.2. The Hall–Kier alpha value is -3.28. The third kappa shape index (κ3) is 5.82. The number of ether oxygens (including phenoxy) is 1. The van der Waals surface area contributed by atoms with Crippen LogP contribution in [0, 0.1) is 23.2 Å². The van der Waals surface area contributed by atoms with Crippen LogP contribution in [0.3, 0.4) is 0 Å². The van der Waals surface area contributed by atoms with E-state index in [1.54, 1.807) is 7.05 Å². The van der Waals surface area contributed by atoms with Gasteiger partial charge in [0.25, 0.3) is 0 Å². The smallest absolute Gasteiger partial charge is 0.421 e. The van der Waals surface area contributed by atoms with Crippen LogP contribution in [0.25, 0.3) is 0 Å². The van der Waals surface area contributed by atoms with E-state index in [1.807, 2.05) is 25.1 Å². The van der Waals surface area contributed by atoms with E-state index < -0.39 is 23.2 Å². The first-order valence-electron chi connectivity index (χ1n) is 15.3. The number of benzene rings is 1. The van der Waals surface area contributed by atoms with Gasteiger partial charge in [-0.15, -0.1) is 0 Å². The molecule has 2 bridgehead atoms. The summed E-state index contributed by atoms with van der Waals surface area (Å²) in [5, 5.41) is 8.94. The van der Waals surface area contributed by atoms with Gasteiger partial charge in [0.2, 0.25) is 11.9 Å². The molecule has 236 valence electrons. The van der Waals surface area contributed by atoms with E-state index in [-0.39, 0.29) is 29.0 Å². The molecule has 3 aliphatic carbocycles. The number of hydrogen-bond acceptors (Lipinski definition) is 8. The molecule has 3 saturated carbocycles. The highest BCUT2D eigenvalue weighted by atomic mass is 19.4. The van der Waals surface area contributed by atoms with Crippen LogP contribution in [0.4, 0.5) is 36.3 Å². The minimum atomic E-state index is -4.68. The molecule has 12 heteroatoms. The Bertz CT molecular complexity index is 1330. The molecule has 4 aliphatic rings. The highest BCUT2D eigenvalue weighted by Gasteiger charge is 2.65. The van der Waals surface area contributed by atoms with Crippen molar-refractivity contribution in [2.75, 3.05) is 61.9 Å². The van der Waals surface area contributed by atoms with Crippen LogP contribution in [0.5, 0.6) is 5.75 Å². The zero-order valence-electron chi connectivity index (χ0n) is 25.9. The first-order chi connectivity index (χ1) is 20.3. The van der Waals surface area contributed by atoms with Gasteiger partial charge in [-0.3, -0.25) is 4.79 Å². The molecule has 1 aromatic carbocycles. The molecule has 2 heterocycles. The van der Waals surface area contributed by atoms with Crippen LogP contribution in [0.2, 0.25) is 0 Å². The highest BCUT2D eigenvalue weighted by Crippen LogP contribution is 2.65. The normalized spacial score (nSPS) is 25.8. The Morgan fingerprint density at radius 2 is 1.93 bits per heavy atom. The molecule has 0 spiro atoms. The topological polar surface area (TPSA) is 94.7 Å². The van der Waals surface area contributed by atoms with Crippen molar-refractivity contribution in [2.24, 2.45) is 23.2 Å². The van der Waals surface area contributed by atoms with Crippen molar-refractivity contribution >= 4 is 29.0 Å². The van der Waals surface area contributed by atoms with Crippen LogP contribution < -0.4 is 25.6 Å². The maximum atomic E-state index is 14.2. The van der Waals surface area contributed by atoms with Crippen molar-refractivity contribution in [1.82, 2.24) is 20.2 Å². The van der Waals surface area contributed by atoms with Crippen molar-refractivity contribution in [1.29, 1.82) is 0 Å². The molecule has 43 heavy (non-hydrogen) atoms. The van der Waals surface area contributed by atoms with Crippen LogP contribution in [-0.2, 0) is 11.0 Å². The molecule has 2 aromatic rings. The van der Waals surface area contributed by atoms with Crippen LogP contribution >= 0.6 is 0 Å². The molecule has 6 rings (SSSR count). The zero-order chi connectivity index (χ0) is 31.2. The number of nitrogens with one attached hydrogen (secondary N) is 3. The number of hydrogen-bond donors (Lipinski definition) is 3. The van der Waals surface area contributed by atoms with Crippen molar-refractivity contribution in [3.8, 4) is 5.75 Å². The van der Waals surface area contributed by atoms with E-state index >= 15 is 0 Å². The summed E-state index contributed by atoms with van der Waals surface area (Å²) in [5.74, 6) is 0.0527. The van der Waals surface area contributed by atoms with Crippen molar-refractivity contribution in [3.63, 3.8) is 0 Å². The number of amides is 1. The van der Waals surface area contributed by atoms with Gasteiger partial charge in [0.15, 0.2) is 0 Å². The number of anilines is 4. The van der Waals surface area contributed by atoms with Gasteiger partial charge in [-0.25, -0.2) is 4.98 Å². The average molecular weight is 604 g/mol. The SMILES string of the molecule is CCN(CC)CCN1CCOc2cc(Nc3ncc(C(F)(F)F)c(N[C@@]4(C)[C@@H](C(=O)NC)C[C@H]5C[C@@H]4C5(C)C)n3)ccc21. The molecule has 1 aromatic heterocycles. The Morgan fingerprint density at radius 3 is 2.58 bits per heavy atom. The van der Waals surface area contributed by atoms with Crippen molar-refractivity contribution in [2.45, 2.75) is 59.2 Å². The lowest BCUT2D eigenvalue weighted by Crippen LogP contribution is -2.69. The van der Waals surface area contributed by atoms with Gasteiger partial charge < -0.3 is 30.5 Å². The lowest BCUT2D eigenvalue weighted by Gasteiger charge is -2.66. The summed E-state index contributed by atoms with van der Waals surface area (Å²) < 4.78 is 48.6. The quantitative estimate of drug-likeness (QED) is 0.334. The number of halogens is 3. The first-order valence-corrected chi connectivity index (χ1v) is 15.3. The van der Waals surface area contributed by atoms with Gasteiger partial charge in [-0.05, 0) is 62.2 Å². The highest BCUT2D eigenvalue weighted by molar-refractivity contribution is 5.81. The van der Waals surface area contributed by atoms with Gasteiger partial charge >= 0.3 is 6.18 Å². The second kappa shape index (κ2) is 11.7. The van der Waals surface area contributed by atoms with E-state index in [1.165, 1.54) is 0 Å². The fourth-order valence-corrected chi connectivity index (χ4v) is 7.45. The molecular formula is C31H44F3N7O2. The summed E-state index contributed by atoms with van der Waals surface area (Å²) in [4.78, 5) is 26.0. The largest absolute Gasteiger partial charge is 0.489 e. The molecule has 0 radical (unpaired) electrons. The van der Waals surface area contributed by atoms with Gasteiger partial charge in [0.1, 0.15) is 23.7 Å². The standard InChI is InChI=1S/C31H44F3N7O2/c1-7-40(8-2)11-12-41-13-14-43-24-17-20(9-10-23(24)41)37-28-36-18-22(31(32,33)34)26(38-28)39-30(5)21(27(42)35-6)15-19-16-25(30)29(19,3)4/h9-10,17-19,21,25H,7-8,11-16H2,1-6H3,(H,35,42)(H2,36,37,38,39)/t19-,21+,25+,30-/m0/s1.